The smallest absolute Gasteiger partial charge is 0.269 e. The van der Waals surface area contributed by atoms with Crippen LogP contribution in [0.15, 0.2) is 53.8 Å². The zero-order chi connectivity index (χ0) is 22.1. The van der Waals surface area contributed by atoms with Gasteiger partial charge in [0, 0.05) is 41.4 Å². The van der Waals surface area contributed by atoms with E-state index in [9.17, 15) is 4.79 Å². The molecular formula is C24H25ClN4O3. The Bertz CT molecular complexity index is 1180. The highest BCUT2D eigenvalue weighted by molar-refractivity contribution is 6.34. The van der Waals surface area contributed by atoms with Gasteiger partial charge in [-0.05, 0) is 31.0 Å². The van der Waals surface area contributed by atoms with Gasteiger partial charge in [0.15, 0.2) is 0 Å². The lowest BCUT2D eigenvalue weighted by Crippen LogP contribution is -2.49. The third kappa shape index (κ3) is 3.98. The number of fused-ring (bicyclic) bond motifs is 1. The van der Waals surface area contributed by atoms with Crippen molar-refractivity contribution in [3.63, 3.8) is 0 Å². The third-order valence-corrected chi connectivity index (χ3v) is 6.54. The van der Waals surface area contributed by atoms with Crippen LogP contribution in [0.4, 0.5) is 0 Å². The van der Waals surface area contributed by atoms with E-state index in [0.29, 0.717) is 43.5 Å². The molecule has 3 heterocycles. The molecule has 2 aliphatic rings. The van der Waals surface area contributed by atoms with Crippen LogP contribution in [0.1, 0.15) is 24.5 Å². The fraction of sp³-hybridized carbons (Fsp3) is 0.375. The molecule has 0 saturated carbocycles. The molecule has 166 valence electrons. The fourth-order valence-corrected chi connectivity index (χ4v) is 4.78. The first kappa shape index (κ1) is 21.0. The molecule has 1 aromatic heterocycles. The van der Waals surface area contributed by atoms with Crippen molar-refractivity contribution in [2.24, 2.45) is 11.1 Å². The normalized spacial score (nSPS) is 23.6. The van der Waals surface area contributed by atoms with Crippen LogP contribution in [0, 0.1) is 5.92 Å². The first-order valence-electron chi connectivity index (χ1n) is 10.8. The minimum absolute atomic E-state index is 0.0691. The molecule has 5 rings (SSSR count). The number of nitrogens with one attached hydrogen (secondary N) is 1. The number of H-pyrrole nitrogens is 1. The Hall–Kier alpha value is -2.90. The largest absolute Gasteiger partial charge is 0.379 e. The second-order valence-corrected chi connectivity index (χ2v) is 9.07. The van der Waals surface area contributed by atoms with Gasteiger partial charge in [-0.25, -0.2) is 0 Å². The summed E-state index contributed by atoms with van der Waals surface area (Å²) < 4.78 is 5.85. The van der Waals surface area contributed by atoms with E-state index in [-0.39, 0.29) is 11.8 Å². The summed E-state index contributed by atoms with van der Waals surface area (Å²) in [7, 11) is 0. The zero-order valence-corrected chi connectivity index (χ0v) is 18.6. The van der Waals surface area contributed by atoms with Crippen molar-refractivity contribution in [1.82, 2.24) is 15.1 Å². The minimum Gasteiger partial charge on any atom is -0.379 e. The number of benzene rings is 2. The van der Waals surface area contributed by atoms with Gasteiger partial charge in [0.05, 0.1) is 30.6 Å². The number of aromatic nitrogens is 2. The number of ether oxygens (including phenoxy) is 1. The molecular weight excluding hydrogens is 428 g/mol. The first-order valence-corrected chi connectivity index (χ1v) is 11.2. The average molecular weight is 453 g/mol. The summed E-state index contributed by atoms with van der Waals surface area (Å²) in [5.41, 5.74) is 2.66. The van der Waals surface area contributed by atoms with E-state index in [0.717, 1.165) is 22.9 Å². The summed E-state index contributed by atoms with van der Waals surface area (Å²) in [6.45, 7) is 4.05. The molecule has 2 aromatic carbocycles. The van der Waals surface area contributed by atoms with E-state index in [1.807, 2.05) is 47.5 Å². The number of rotatable bonds is 4. The molecule has 0 bridgehead atoms. The number of aromatic amines is 1. The standard InChI is InChI=1S/C24H25ClN4O3/c1-24(12-22(28-32-24)18-6-2-3-7-20(18)25)23(30)29-9-10-31-15-16(14-29)11-17-5-4-8-21-19(17)13-26-27-21/h2-8,13,16H,9-12,14-15H2,1H3,(H,26,27)/t16-,24-/m0/s1. The maximum absolute atomic E-state index is 13.5. The van der Waals surface area contributed by atoms with Crippen molar-refractivity contribution in [2.45, 2.75) is 25.4 Å². The molecule has 2 atom stereocenters. The van der Waals surface area contributed by atoms with Crippen molar-refractivity contribution in [3.05, 3.63) is 64.8 Å². The van der Waals surface area contributed by atoms with E-state index in [4.69, 9.17) is 21.2 Å². The van der Waals surface area contributed by atoms with Gasteiger partial charge >= 0.3 is 0 Å². The molecule has 0 aliphatic carbocycles. The molecule has 8 heteroatoms. The van der Waals surface area contributed by atoms with E-state index < -0.39 is 5.60 Å². The SMILES string of the molecule is C[C@@]1(C(=O)N2CCOC[C@@H](Cc3cccc4[nH]ncc34)C2)CC(c2ccccc2Cl)=NO1. The van der Waals surface area contributed by atoms with Crippen LogP contribution in [0.5, 0.6) is 0 Å². The number of hydrogen-bond acceptors (Lipinski definition) is 5. The van der Waals surface area contributed by atoms with Crippen LogP contribution >= 0.6 is 11.6 Å². The van der Waals surface area contributed by atoms with Crippen LogP contribution in [-0.4, -0.2) is 58.6 Å². The average Bonchev–Trinajstić information content (AvgIpc) is 3.37. The third-order valence-electron chi connectivity index (χ3n) is 6.21. The predicted molar refractivity (Wildman–Crippen MR) is 123 cm³/mol. The topological polar surface area (TPSA) is 79.8 Å². The molecule has 7 nitrogen and oxygen atoms in total. The summed E-state index contributed by atoms with van der Waals surface area (Å²) >= 11 is 6.32. The maximum atomic E-state index is 13.5. The Balaban J connectivity index is 1.30. The Morgan fingerprint density at radius 1 is 1.28 bits per heavy atom. The van der Waals surface area contributed by atoms with Crippen molar-refractivity contribution in [1.29, 1.82) is 0 Å². The predicted octanol–water partition coefficient (Wildman–Crippen LogP) is 3.82. The van der Waals surface area contributed by atoms with Gasteiger partial charge in [0.25, 0.3) is 5.91 Å². The van der Waals surface area contributed by atoms with Crippen molar-refractivity contribution < 1.29 is 14.4 Å². The van der Waals surface area contributed by atoms with E-state index in [2.05, 4.69) is 21.4 Å². The number of nitrogens with zero attached hydrogens (tertiary/aromatic N) is 3. The van der Waals surface area contributed by atoms with Crippen LogP contribution < -0.4 is 0 Å². The van der Waals surface area contributed by atoms with Gasteiger partial charge in [-0.15, -0.1) is 0 Å². The number of hydrogen-bond donors (Lipinski definition) is 1. The van der Waals surface area contributed by atoms with Gasteiger partial charge in [0.1, 0.15) is 0 Å². The summed E-state index contributed by atoms with van der Waals surface area (Å²) in [6, 6.07) is 13.6. The van der Waals surface area contributed by atoms with E-state index >= 15 is 0 Å². The zero-order valence-electron chi connectivity index (χ0n) is 17.9. The number of halogens is 1. The van der Waals surface area contributed by atoms with Gasteiger partial charge in [-0.1, -0.05) is 47.1 Å². The lowest BCUT2D eigenvalue weighted by atomic mass is 9.93. The molecule has 2 aliphatic heterocycles. The number of oxime groups is 1. The number of carbonyl (C=O) groups excluding carboxylic acids is 1. The molecule has 32 heavy (non-hydrogen) atoms. The second-order valence-electron chi connectivity index (χ2n) is 8.66. The van der Waals surface area contributed by atoms with Crippen LogP contribution in [-0.2, 0) is 20.8 Å². The highest BCUT2D eigenvalue weighted by Gasteiger charge is 2.45. The quantitative estimate of drug-likeness (QED) is 0.652. The highest BCUT2D eigenvalue weighted by Crippen LogP contribution is 2.32. The maximum Gasteiger partial charge on any atom is 0.269 e. The summed E-state index contributed by atoms with van der Waals surface area (Å²) in [6.07, 6.45) is 3.04. The Morgan fingerprint density at radius 3 is 3.03 bits per heavy atom. The molecule has 0 spiro atoms. The van der Waals surface area contributed by atoms with Crippen molar-refractivity contribution in [2.75, 3.05) is 26.3 Å². The molecule has 1 amide bonds. The lowest BCUT2D eigenvalue weighted by Gasteiger charge is -2.30. The Kier molecular flexibility index (Phi) is 5.61. The molecule has 1 saturated heterocycles. The van der Waals surface area contributed by atoms with Crippen LogP contribution in [0.25, 0.3) is 10.9 Å². The summed E-state index contributed by atoms with van der Waals surface area (Å²) in [5.74, 6) is 0.108. The molecule has 1 fully saturated rings. The summed E-state index contributed by atoms with van der Waals surface area (Å²) in [5, 5.41) is 13.1. The molecule has 0 radical (unpaired) electrons. The Labute approximate surface area is 191 Å². The number of amides is 1. The van der Waals surface area contributed by atoms with E-state index in [1.165, 1.54) is 5.56 Å². The number of carbonyl (C=O) groups is 1. The van der Waals surface area contributed by atoms with E-state index in [1.54, 1.807) is 6.92 Å². The lowest BCUT2D eigenvalue weighted by molar-refractivity contribution is -0.153. The minimum atomic E-state index is -1.05. The van der Waals surface area contributed by atoms with Gasteiger partial charge in [0.2, 0.25) is 5.60 Å². The van der Waals surface area contributed by atoms with Crippen molar-refractivity contribution >= 4 is 34.1 Å². The van der Waals surface area contributed by atoms with Crippen LogP contribution in [0.2, 0.25) is 5.02 Å². The second kappa shape index (κ2) is 8.56. The highest BCUT2D eigenvalue weighted by atomic mass is 35.5. The van der Waals surface area contributed by atoms with Crippen LogP contribution in [0.3, 0.4) is 0 Å². The van der Waals surface area contributed by atoms with Gasteiger partial charge in [-0.3, -0.25) is 9.89 Å². The fourth-order valence-electron chi connectivity index (χ4n) is 4.54. The molecule has 0 unspecified atom stereocenters. The van der Waals surface area contributed by atoms with Crippen molar-refractivity contribution in [3.8, 4) is 0 Å². The van der Waals surface area contributed by atoms with Gasteiger partial charge < -0.3 is 14.5 Å². The Morgan fingerprint density at radius 2 is 2.16 bits per heavy atom. The summed E-state index contributed by atoms with van der Waals surface area (Å²) in [4.78, 5) is 21.1. The monoisotopic (exact) mass is 452 g/mol. The molecule has 1 N–H and O–H groups in total. The van der Waals surface area contributed by atoms with Gasteiger partial charge in [-0.2, -0.15) is 5.10 Å². The first-order chi connectivity index (χ1) is 15.5. The molecule has 3 aromatic rings.